The van der Waals surface area contributed by atoms with Crippen LogP contribution < -0.4 is 10.6 Å². The molecule has 0 aliphatic carbocycles. The second kappa shape index (κ2) is 6.44. The van der Waals surface area contributed by atoms with Gasteiger partial charge in [0.05, 0.1) is 0 Å². The van der Waals surface area contributed by atoms with Crippen molar-refractivity contribution in [3.63, 3.8) is 0 Å². The van der Waals surface area contributed by atoms with Crippen LogP contribution in [0.25, 0.3) is 0 Å². The van der Waals surface area contributed by atoms with Crippen molar-refractivity contribution in [2.45, 2.75) is 31.5 Å². The van der Waals surface area contributed by atoms with Crippen LogP contribution in [-0.4, -0.2) is 49.3 Å². The summed E-state index contributed by atoms with van der Waals surface area (Å²) in [4.78, 5) is 22.1. The van der Waals surface area contributed by atoms with Gasteiger partial charge in [-0.25, -0.2) is 4.79 Å². The monoisotopic (exact) mass is 230 g/mol. The molecule has 0 aromatic heterocycles. The lowest BCUT2D eigenvalue weighted by atomic mass is 10.2. The van der Waals surface area contributed by atoms with Gasteiger partial charge in [-0.2, -0.15) is 0 Å². The average molecular weight is 230 g/mol. The summed E-state index contributed by atoms with van der Waals surface area (Å²) >= 11 is 0. The maximum atomic E-state index is 11.5. The van der Waals surface area contributed by atoms with E-state index in [0.29, 0.717) is 19.4 Å². The van der Waals surface area contributed by atoms with E-state index in [-0.39, 0.29) is 5.91 Å². The summed E-state index contributed by atoms with van der Waals surface area (Å²) in [6.07, 6.45) is 0.305. The Balaban J connectivity index is 2.20. The third-order valence-corrected chi connectivity index (χ3v) is 2.49. The van der Waals surface area contributed by atoms with Crippen LogP contribution in [0.4, 0.5) is 0 Å². The number of carboxylic acid groups (broad SMARTS) is 1. The van der Waals surface area contributed by atoms with E-state index in [2.05, 4.69) is 10.6 Å². The van der Waals surface area contributed by atoms with Gasteiger partial charge in [0.2, 0.25) is 5.91 Å². The number of amides is 1. The molecule has 0 saturated carbocycles. The van der Waals surface area contributed by atoms with Crippen molar-refractivity contribution < 1.29 is 19.4 Å². The van der Waals surface area contributed by atoms with Crippen molar-refractivity contribution in [2.75, 3.05) is 20.1 Å². The molecule has 0 radical (unpaired) electrons. The number of hydrogen-bond acceptors (Lipinski definition) is 4. The Morgan fingerprint density at radius 2 is 2.00 bits per heavy atom. The van der Waals surface area contributed by atoms with Crippen molar-refractivity contribution >= 4 is 11.9 Å². The number of aliphatic carboxylic acids is 1. The SMILES string of the molecule is CNCCCNC(=O)C1CCC(C(=O)O)O1. The Hall–Kier alpha value is -1.14. The largest absolute Gasteiger partial charge is 0.479 e. The second-order valence-electron chi connectivity index (χ2n) is 3.78. The fourth-order valence-corrected chi connectivity index (χ4v) is 1.60. The highest BCUT2D eigenvalue weighted by molar-refractivity contribution is 5.82. The number of carbonyl (C=O) groups excluding carboxylic acids is 1. The van der Waals surface area contributed by atoms with E-state index in [1.165, 1.54) is 0 Å². The Bertz CT molecular complexity index is 257. The van der Waals surface area contributed by atoms with Gasteiger partial charge in [0.25, 0.3) is 0 Å². The zero-order chi connectivity index (χ0) is 12.0. The Labute approximate surface area is 94.3 Å². The molecule has 1 fully saturated rings. The molecule has 1 aliphatic heterocycles. The maximum absolute atomic E-state index is 11.5. The zero-order valence-corrected chi connectivity index (χ0v) is 9.36. The minimum Gasteiger partial charge on any atom is -0.479 e. The molecule has 92 valence electrons. The van der Waals surface area contributed by atoms with E-state index in [4.69, 9.17) is 9.84 Å². The van der Waals surface area contributed by atoms with Gasteiger partial charge < -0.3 is 20.5 Å². The van der Waals surface area contributed by atoms with Gasteiger partial charge in [-0.1, -0.05) is 0 Å². The number of carbonyl (C=O) groups is 2. The van der Waals surface area contributed by atoms with E-state index in [1.807, 2.05) is 7.05 Å². The third kappa shape index (κ3) is 3.79. The molecule has 3 N–H and O–H groups in total. The van der Waals surface area contributed by atoms with Crippen LogP contribution in [0.3, 0.4) is 0 Å². The highest BCUT2D eigenvalue weighted by atomic mass is 16.5. The average Bonchev–Trinajstić information content (AvgIpc) is 2.73. The van der Waals surface area contributed by atoms with Gasteiger partial charge in [-0.15, -0.1) is 0 Å². The molecule has 1 heterocycles. The predicted molar refractivity (Wildman–Crippen MR) is 57.1 cm³/mol. The van der Waals surface area contributed by atoms with Gasteiger partial charge in [0, 0.05) is 6.54 Å². The molecule has 0 aromatic carbocycles. The first-order chi connectivity index (χ1) is 7.65. The topological polar surface area (TPSA) is 87.7 Å². The molecule has 6 heteroatoms. The molecular formula is C10H18N2O4. The van der Waals surface area contributed by atoms with Crippen LogP contribution in [0.2, 0.25) is 0 Å². The summed E-state index contributed by atoms with van der Waals surface area (Å²) in [5, 5.41) is 14.4. The summed E-state index contributed by atoms with van der Waals surface area (Å²) in [7, 11) is 1.85. The fraction of sp³-hybridized carbons (Fsp3) is 0.800. The van der Waals surface area contributed by atoms with E-state index in [9.17, 15) is 9.59 Å². The number of rotatable bonds is 6. The highest BCUT2D eigenvalue weighted by Gasteiger charge is 2.34. The van der Waals surface area contributed by atoms with Crippen LogP contribution in [0.1, 0.15) is 19.3 Å². The number of carboxylic acids is 1. The molecule has 16 heavy (non-hydrogen) atoms. The Kier molecular flexibility index (Phi) is 5.21. The minimum atomic E-state index is -0.995. The standard InChI is InChI=1S/C10H18N2O4/c1-11-5-2-6-12-9(13)7-3-4-8(16-7)10(14)15/h7-8,11H,2-6H2,1H3,(H,12,13)(H,14,15). The molecule has 0 aromatic rings. The first kappa shape index (κ1) is 12.9. The van der Waals surface area contributed by atoms with Gasteiger partial charge >= 0.3 is 5.97 Å². The van der Waals surface area contributed by atoms with Crippen molar-refractivity contribution in [3.8, 4) is 0 Å². The summed E-state index contributed by atoms with van der Waals surface area (Å²) in [5.74, 6) is -1.20. The van der Waals surface area contributed by atoms with E-state index >= 15 is 0 Å². The third-order valence-electron chi connectivity index (χ3n) is 2.49. The molecule has 0 bridgehead atoms. The number of hydrogen-bond donors (Lipinski definition) is 3. The van der Waals surface area contributed by atoms with Crippen LogP contribution in [-0.2, 0) is 14.3 Å². The van der Waals surface area contributed by atoms with Gasteiger partial charge in [-0.3, -0.25) is 4.79 Å². The molecule has 2 unspecified atom stereocenters. The lowest BCUT2D eigenvalue weighted by Gasteiger charge is -2.11. The van der Waals surface area contributed by atoms with E-state index < -0.39 is 18.2 Å². The first-order valence-electron chi connectivity index (χ1n) is 5.45. The molecular weight excluding hydrogens is 212 g/mol. The Morgan fingerprint density at radius 1 is 1.31 bits per heavy atom. The fourth-order valence-electron chi connectivity index (χ4n) is 1.60. The molecule has 0 spiro atoms. The summed E-state index contributed by atoms with van der Waals surface area (Å²) in [6.45, 7) is 1.42. The normalized spacial score (nSPS) is 24.3. The summed E-state index contributed by atoms with van der Waals surface area (Å²) in [6, 6.07) is 0. The van der Waals surface area contributed by atoms with Crippen molar-refractivity contribution in [2.24, 2.45) is 0 Å². The smallest absolute Gasteiger partial charge is 0.332 e. The minimum absolute atomic E-state index is 0.208. The molecule has 6 nitrogen and oxygen atoms in total. The maximum Gasteiger partial charge on any atom is 0.332 e. The second-order valence-corrected chi connectivity index (χ2v) is 3.78. The first-order valence-corrected chi connectivity index (χ1v) is 5.45. The zero-order valence-electron chi connectivity index (χ0n) is 9.36. The molecule has 1 aliphatic rings. The van der Waals surface area contributed by atoms with E-state index in [1.54, 1.807) is 0 Å². The summed E-state index contributed by atoms with van der Waals surface area (Å²) in [5.41, 5.74) is 0. The molecule has 1 amide bonds. The van der Waals surface area contributed by atoms with Crippen LogP contribution in [0.15, 0.2) is 0 Å². The Morgan fingerprint density at radius 3 is 2.56 bits per heavy atom. The lowest BCUT2D eigenvalue weighted by molar-refractivity contribution is -0.151. The number of nitrogens with one attached hydrogen (secondary N) is 2. The van der Waals surface area contributed by atoms with Gasteiger partial charge in [-0.05, 0) is 32.9 Å². The number of ether oxygens (including phenoxy) is 1. The lowest BCUT2D eigenvalue weighted by Crippen LogP contribution is -2.36. The van der Waals surface area contributed by atoms with Gasteiger partial charge in [0.15, 0.2) is 6.10 Å². The molecule has 2 atom stereocenters. The van der Waals surface area contributed by atoms with E-state index in [0.717, 1.165) is 13.0 Å². The molecule has 1 rings (SSSR count). The van der Waals surface area contributed by atoms with Crippen molar-refractivity contribution in [1.82, 2.24) is 10.6 Å². The van der Waals surface area contributed by atoms with Crippen molar-refractivity contribution in [3.05, 3.63) is 0 Å². The van der Waals surface area contributed by atoms with Crippen molar-refractivity contribution in [1.29, 1.82) is 0 Å². The van der Waals surface area contributed by atoms with Crippen LogP contribution in [0, 0.1) is 0 Å². The summed E-state index contributed by atoms with van der Waals surface area (Å²) < 4.78 is 5.11. The predicted octanol–water partition coefficient (Wildman–Crippen LogP) is -0.656. The van der Waals surface area contributed by atoms with Crippen LogP contribution >= 0.6 is 0 Å². The quantitative estimate of drug-likeness (QED) is 0.527. The van der Waals surface area contributed by atoms with Gasteiger partial charge in [0.1, 0.15) is 6.10 Å². The van der Waals surface area contributed by atoms with Crippen LogP contribution in [0.5, 0.6) is 0 Å². The highest BCUT2D eigenvalue weighted by Crippen LogP contribution is 2.19. The molecule has 1 saturated heterocycles.